The van der Waals surface area contributed by atoms with Gasteiger partial charge in [0.2, 0.25) is 0 Å². The lowest BCUT2D eigenvalue weighted by molar-refractivity contribution is -0.120. The molecule has 53 valence electrons. The molecule has 1 atom stereocenters. The Labute approximate surface area is 56.4 Å². The molecule has 0 bridgehead atoms. The van der Waals surface area contributed by atoms with Crippen LogP contribution >= 0.6 is 0 Å². The molecule has 0 aliphatic rings. The van der Waals surface area contributed by atoms with Gasteiger partial charge >= 0.3 is 0 Å². The van der Waals surface area contributed by atoms with Gasteiger partial charge in [0.05, 0.1) is 6.04 Å². The van der Waals surface area contributed by atoms with E-state index in [9.17, 15) is 4.79 Å². The van der Waals surface area contributed by atoms with Crippen LogP contribution in [0.4, 0.5) is 0 Å². The van der Waals surface area contributed by atoms with Crippen molar-refractivity contribution in [1.29, 1.82) is 0 Å². The molecule has 0 heterocycles. The van der Waals surface area contributed by atoms with E-state index in [-0.39, 0.29) is 5.78 Å². The quantitative estimate of drug-likeness (QED) is 0.564. The van der Waals surface area contributed by atoms with Gasteiger partial charge in [0.1, 0.15) is 0 Å². The molecule has 0 spiro atoms. The number of ketones is 1. The topological polar surface area (TPSA) is 40.9 Å². The van der Waals surface area contributed by atoms with Crippen molar-refractivity contribution in [3.8, 4) is 0 Å². The molecule has 1 unspecified atom stereocenters. The number of hydrogen-bond acceptors (Lipinski definition) is 1. The fraction of sp³-hybridized carbons (Fsp3) is 0.857. The Bertz CT molecular complexity index is 88.9. The maximum absolute atomic E-state index is 10.7. The summed E-state index contributed by atoms with van der Waals surface area (Å²) in [5, 5.41) is 0. The summed E-state index contributed by atoms with van der Waals surface area (Å²) in [5.41, 5.74) is 7.01. The van der Waals surface area contributed by atoms with Gasteiger partial charge in [-0.25, -0.2) is 5.73 Å². The summed E-state index contributed by atoms with van der Waals surface area (Å²) in [7, 11) is 0. The summed E-state index contributed by atoms with van der Waals surface area (Å²) < 4.78 is 0. The average molecular weight is 128 g/mol. The Morgan fingerprint density at radius 3 is 2.56 bits per heavy atom. The lowest BCUT2D eigenvalue weighted by atomic mass is 10.1. The molecule has 2 nitrogen and oxygen atoms in total. The normalized spacial score (nSPS) is 13.2. The van der Waals surface area contributed by atoms with Crippen LogP contribution in [-0.2, 0) is 4.79 Å². The van der Waals surface area contributed by atoms with Crippen molar-refractivity contribution in [3.63, 3.8) is 0 Å². The monoisotopic (exact) mass is 128 g/mol. The zero-order valence-corrected chi connectivity index (χ0v) is 6.11. The van der Waals surface area contributed by atoms with Gasteiger partial charge in [-0.1, -0.05) is 13.3 Å². The van der Waals surface area contributed by atoms with Crippen molar-refractivity contribution < 1.29 is 4.79 Å². The fourth-order valence-electron chi connectivity index (χ4n) is 0.568. The van der Waals surface area contributed by atoms with Crippen LogP contribution in [0.15, 0.2) is 0 Å². The summed E-state index contributed by atoms with van der Waals surface area (Å²) in [6.45, 7) is 3.67. The van der Waals surface area contributed by atoms with Gasteiger partial charge < -0.3 is 0 Å². The molecule has 1 N–H and O–H groups in total. The summed E-state index contributed by atoms with van der Waals surface area (Å²) in [5.74, 6) is 0.0665. The minimum atomic E-state index is -0.517. The van der Waals surface area contributed by atoms with Crippen molar-refractivity contribution in [3.05, 3.63) is 0 Å². The van der Waals surface area contributed by atoms with Crippen molar-refractivity contribution in [1.82, 2.24) is 5.73 Å². The van der Waals surface area contributed by atoms with Crippen LogP contribution < -0.4 is 5.73 Å². The van der Waals surface area contributed by atoms with Crippen molar-refractivity contribution in [2.45, 2.75) is 39.2 Å². The predicted octanol–water partition coefficient (Wildman–Crippen LogP) is 1.42. The molecular formula is C7H14NO. The second kappa shape index (κ2) is 4.50. The Balaban J connectivity index is 3.28. The van der Waals surface area contributed by atoms with Crippen LogP contribution in [0.3, 0.4) is 0 Å². The van der Waals surface area contributed by atoms with Crippen molar-refractivity contribution in [2.75, 3.05) is 0 Å². The van der Waals surface area contributed by atoms with Crippen LogP contribution in [0.1, 0.15) is 33.1 Å². The van der Waals surface area contributed by atoms with Gasteiger partial charge in [0.15, 0.2) is 5.78 Å². The zero-order chi connectivity index (χ0) is 7.28. The molecule has 0 fully saturated rings. The third kappa shape index (κ3) is 4.15. The number of unbranched alkanes of at least 4 members (excludes halogenated alkanes) is 1. The Morgan fingerprint density at radius 1 is 1.67 bits per heavy atom. The van der Waals surface area contributed by atoms with E-state index in [1.54, 1.807) is 6.92 Å². The molecule has 0 aromatic heterocycles. The number of hydrogen-bond donors (Lipinski definition) is 0. The molecule has 0 amide bonds. The molecule has 0 saturated heterocycles. The zero-order valence-electron chi connectivity index (χ0n) is 6.11. The first-order valence-corrected chi connectivity index (χ1v) is 3.42. The molecular weight excluding hydrogens is 114 g/mol. The SMILES string of the molecule is CCCCC(=O)C(C)[NH]. The van der Waals surface area contributed by atoms with Crippen LogP contribution in [0.25, 0.3) is 0 Å². The maximum atomic E-state index is 10.7. The predicted molar refractivity (Wildman–Crippen MR) is 37.1 cm³/mol. The second-order valence-corrected chi connectivity index (χ2v) is 2.29. The molecule has 0 aromatic carbocycles. The van der Waals surface area contributed by atoms with Gasteiger partial charge in [-0.05, 0) is 13.3 Å². The molecule has 0 aliphatic carbocycles. The largest absolute Gasteiger partial charge is 0.298 e. The highest BCUT2D eigenvalue weighted by Gasteiger charge is 2.05. The van der Waals surface area contributed by atoms with E-state index >= 15 is 0 Å². The van der Waals surface area contributed by atoms with Crippen LogP contribution in [0, 0.1) is 0 Å². The van der Waals surface area contributed by atoms with E-state index in [1.165, 1.54) is 0 Å². The summed E-state index contributed by atoms with van der Waals surface area (Å²) >= 11 is 0. The molecule has 1 radical (unpaired) electrons. The van der Waals surface area contributed by atoms with Crippen molar-refractivity contribution in [2.24, 2.45) is 0 Å². The Hall–Kier alpha value is -0.370. The van der Waals surface area contributed by atoms with Crippen LogP contribution in [0.2, 0.25) is 0 Å². The molecule has 2 heteroatoms. The van der Waals surface area contributed by atoms with E-state index < -0.39 is 6.04 Å². The molecule has 0 saturated carbocycles. The van der Waals surface area contributed by atoms with Gasteiger partial charge in [0, 0.05) is 6.42 Å². The lowest BCUT2D eigenvalue weighted by Crippen LogP contribution is -2.17. The van der Waals surface area contributed by atoms with E-state index in [2.05, 4.69) is 0 Å². The first kappa shape index (κ1) is 8.63. The first-order valence-electron chi connectivity index (χ1n) is 3.42. The maximum Gasteiger partial charge on any atom is 0.150 e. The third-order valence-corrected chi connectivity index (χ3v) is 1.26. The van der Waals surface area contributed by atoms with Gasteiger partial charge in [-0.2, -0.15) is 0 Å². The molecule has 9 heavy (non-hydrogen) atoms. The number of rotatable bonds is 4. The second-order valence-electron chi connectivity index (χ2n) is 2.29. The smallest absolute Gasteiger partial charge is 0.150 e. The van der Waals surface area contributed by atoms with E-state index in [0.29, 0.717) is 6.42 Å². The average Bonchev–Trinajstić information content (AvgIpc) is 1.82. The van der Waals surface area contributed by atoms with Crippen LogP contribution in [-0.4, -0.2) is 11.8 Å². The number of carbonyl (C=O) groups is 1. The minimum absolute atomic E-state index is 0.0665. The summed E-state index contributed by atoms with van der Waals surface area (Å²) in [6.07, 6.45) is 2.56. The summed E-state index contributed by atoms with van der Waals surface area (Å²) in [4.78, 5) is 10.7. The highest BCUT2D eigenvalue weighted by atomic mass is 16.1. The highest BCUT2D eigenvalue weighted by molar-refractivity contribution is 5.83. The minimum Gasteiger partial charge on any atom is -0.298 e. The standard InChI is InChI=1S/C7H14NO/c1-3-4-5-7(9)6(2)8/h6,8H,3-5H2,1-2H3. The third-order valence-electron chi connectivity index (χ3n) is 1.26. The molecule has 0 aliphatic heterocycles. The number of Topliss-reactive ketones (excluding diaryl/α,β-unsaturated/α-hetero) is 1. The Morgan fingerprint density at radius 2 is 2.22 bits per heavy atom. The van der Waals surface area contributed by atoms with E-state index in [0.717, 1.165) is 12.8 Å². The van der Waals surface area contributed by atoms with E-state index in [4.69, 9.17) is 5.73 Å². The molecule has 0 aromatic rings. The Kier molecular flexibility index (Phi) is 4.32. The van der Waals surface area contributed by atoms with E-state index in [1.807, 2.05) is 6.92 Å². The number of nitrogens with one attached hydrogen (secondary N) is 1. The number of carbonyl (C=O) groups excluding carboxylic acids is 1. The first-order chi connectivity index (χ1) is 4.18. The molecule has 0 rings (SSSR count). The van der Waals surface area contributed by atoms with Gasteiger partial charge in [0.25, 0.3) is 0 Å². The van der Waals surface area contributed by atoms with Gasteiger partial charge in [-0.3, -0.25) is 4.79 Å². The summed E-state index contributed by atoms with van der Waals surface area (Å²) in [6, 6.07) is -0.517. The highest BCUT2D eigenvalue weighted by Crippen LogP contribution is 1.97. The van der Waals surface area contributed by atoms with Crippen LogP contribution in [0.5, 0.6) is 0 Å². The fourth-order valence-corrected chi connectivity index (χ4v) is 0.568. The van der Waals surface area contributed by atoms with Gasteiger partial charge in [-0.15, -0.1) is 0 Å². The lowest BCUT2D eigenvalue weighted by Gasteiger charge is -1.99. The van der Waals surface area contributed by atoms with Crippen molar-refractivity contribution >= 4 is 5.78 Å².